The van der Waals surface area contributed by atoms with Crippen LogP contribution in [0, 0.1) is 0 Å². The topological polar surface area (TPSA) is 79.7 Å². The minimum absolute atomic E-state index is 0.0418. The molecule has 9 nitrogen and oxygen atoms in total. The maximum atomic E-state index is 13.6. The van der Waals surface area contributed by atoms with E-state index in [2.05, 4.69) is 16.8 Å². The summed E-state index contributed by atoms with van der Waals surface area (Å²) >= 11 is 0. The molecule has 0 N–H and O–H groups in total. The van der Waals surface area contributed by atoms with Crippen LogP contribution in [0.4, 0.5) is 30.9 Å². The van der Waals surface area contributed by atoms with Crippen molar-refractivity contribution in [2.45, 2.75) is 38.4 Å². The number of anilines is 3. The lowest BCUT2D eigenvalue weighted by molar-refractivity contribution is -0.137. The van der Waals surface area contributed by atoms with Gasteiger partial charge in [0.1, 0.15) is 5.82 Å². The average molecular weight is 528 g/mol. The number of pyridine rings is 1. The maximum absolute atomic E-state index is 13.6. The fourth-order valence-electron chi connectivity index (χ4n) is 5.19. The van der Waals surface area contributed by atoms with Crippen LogP contribution in [-0.2, 0) is 15.7 Å². The summed E-state index contributed by atoms with van der Waals surface area (Å²) < 4.78 is 51.8. The summed E-state index contributed by atoms with van der Waals surface area (Å²) in [5, 5.41) is 0. The normalized spacial score (nSPS) is 21.7. The van der Waals surface area contributed by atoms with Gasteiger partial charge in [0.25, 0.3) is 0 Å². The van der Waals surface area contributed by atoms with E-state index in [0.29, 0.717) is 67.9 Å². The molecule has 0 saturated carbocycles. The molecule has 3 saturated heterocycles. The Morgan fingerprint density at radius 3 is 2.45 bits per heavy atom. The number of halogens is 3. The molecule has 0 spiro atoms. The van der Waals surface area contributed by atoms with Gasteiger partial charge in [0.05, 0.1) is 5.56 Å². The fraction of sp³-hybridized carbons (Fsp3) is 0.462. The zero-order chi connectivity index (χ0) is 26.3. The van der Waals surface area contributed by atoms with E-state index in [0.717, 1.165) is 31.0 Å². The predicted molar refractivity (Wildman–Crippen MR) is 135 cm³/mol. The molecular formula is C26H28F3N7O2. The Balaban J connectivity index is 1.29. The third-order valence-corrected chi connectivity index (χ3v) is 7.23. The number of allylic oxidation sites excluding steroid dienone is 4. The van der Waals surface area contributed by atoms with E-state index in [1.165, 1.54) is 12.3 Å². The second-order valence-electron chi connectivity index (χ2n) is 9.67. The molecule has 1 unspecified atom stereocenters. The summed E-state index contributed by atoms with van der Waals surface area (Å²) in [6.45, 7) is 4.83. The Labute approximate surface area is 218 Å². The van der Waals surface area contributed by atoms with Crippen molar-refractivity contribution in [2.24, 2.45) is 0 Å². The zero-order valence-corrected chi connectivity index (χ0v) is 21.0. The number of rotatable bonds is 4. The van der Waals surface area contributed by atoms with Crippen molar-refractivity contribution < 1.29 is 22.6 Å². The predicted octanol–water partition coefficient (Wildman–Crippen LogP) is 4.16. The molecular weight excluding hydrogens is 499 g/mol. The van der Waals surface area contributed by atoms with Gasteiger partial charge in [-0.05, 0) is 50.5 Å². The van der Waals surface area contributed by atoms with Crippen LogP contribution in [0.25, 0.3) is 5.57 Å². The van der Waals surface area contributed by atoms with E-state index in [9.17, 15) is 13.2 Å². The van der Waals surface area contributed by atoms with Crippen molar-refractivity contribution >= 4 is 23.3 Å². The summed E-state index contributed by atoms with van der Waals surface area (Å²) in [5.74, 6) is 2.98. The highest BCUT2D eigenvalue weighted by Gasteiger charge is 2.36. The number of hydrogen-bond donors (Lipinski definition) is 0. The third kappa shape index (κ3) is 4.74. The number of fused-ring (bicyclic) bond motifs is 1. The van der Waals surface area contributed by atoms with Crippen molar-refractivity contribution in [3.8, 4) is 0 Å². The number of piperazine rings is 1. The molecule has 0 bridgehead atoms. The number of alkyl halides is 3. The minimum Gasteiger partial charge on any atom is -0.454 e. The molecule has 3 aliphatic heterocycles. The minimum atomic E-state index is -4.46. The highest BCUT2D eigenvalue weighted by molar-refractivity contribution is 5.73. The van der Waals surface area contributed by atoms with E-state index >= 15 is 0 Å². The highest BCUT2D eigenvalue weighted by atomic mass is 19.4. The lowest BCUT2D eigenvalue weighted by atomic mass is 10.2. The lowest BCUT2D eigenvalue weighted by Crippen LogP contribution is -2.48. The van der Waals surface area contributed by atoms with Crippen LogP contribution in [0.3, 0.4) is 0 Å². The number of nitrogens with zero attached hydrogens (tertiary/aromatic N) is 7. The van der Waals surface area contributed by atoms with Crippen LogP contribution >= 0.6 is 0 Å². The molecule has 0 radical (unpaired) electrons. The zero-order valence-electron chi connectivity index (χ0n) is 21.0. The molecule has 2 aromatic rings. The van der Waals surface area contributed by atoms with Gasteiger partial charge in [0.2, 0.25) is 18.7 Å². The Morgan fingerprint density at radius 2 is 1.68 bits per heavy atom. The van der Waals surface area contributed by atoms with Gasteiger partial charge < -0.3 is 24.2 Å². The standard InChI is InChI=1S/C26H28F3N7O2/c1-17-5-4-10-36(17)25-32-22(18-6-2-8-20-21(15-18)38-16-37-20)31-24(33-25)35-13-11-34(12-14-35)23-19(26(27,28)29)7-3-9-30-23/h3,6-9,15,17H,2,4-5,10-14,16H2,1H3. The fourth-order valence-corrected chi connectivity index (χ4v) is 5.19. The van der Waals surface area contributed by atoms with Crippen molar-refractivity contribution in [2.75, 3.05) is 54.2 Å². The quantitative estimate of drug-likeness (QED) is 0.582. The van der Waals surface area contributed by atoms with Gasteiger partial charge in [-0.15, -0.1) is 0 Å². The van der Waals surface area contributed by atoms with Crippen LogP contribution in [0.15, 0.2) is 48.1 Å². The number of ether oxygens (including phenoxy) is 2. The molecule has 0 aromatic carbocycles. The van der Waals surface area contributed by atoms with Gasteiger partial charge in [-0.25, -0.2) is 4.98 Å². The van der Waals surface area contributed by atoms with Gasteiger partial charge in [-0.1, -0.05) is 6.08 Å². The molecule has 4 aliphatic rings. The highest BCUT2D eigenvalue weighted by Crippen LogP contribution is 2.36. The van der Waals surface area contributed by atoms with Crippen LogP contribution in [-0.4, -0.2) is 65.5 Å². The molecule has 2 aromatic heterocycles. The van der Waals surface area contributed by atoms with E-state index in [1.807, 2.05) is 23.1 Å². The summed E-state index contributed by atoms with van der Waals surface area (Å²) in [6, 6.07) is 2.69. The Morgan fingerprint density at radius 1 is 0.921 bits per heavy atom. The second kappa shape index (κ2) is 9.80. The Hall–Kier alpha value is -3.83. The molecule has 5 heterocycles. The Kier molecular flexibility index (Phi) is 6.32. The first kappa shape index (κ1) is 24.5. The lowest BCUT2D eigenvalue weighted by Gasteiger charge is -2.36. The van der Waals surface area contributed by atoms with E-state index in [1.54, 1.807) is 4.90 Å². The number of aromatic nitrogens is 4. The van der Waals surface area contributed by atoms with Crippen molar-refractivity contribution in [3.05, 3.63) is 59.5 Å². The van der Waals surface area contributed by atoms with Gasteiger partial charge in [0, 0.05) is 50.5 Å². The molecule has 1 aliphatic carbocycles. The largest absolute Gasteiger partial charge is 0.454 e. The van der Waals surface area contributed by atoms with Crippen LogP contribution in [0.1, 0.15) is 37.6 Å². The molecule has 6 rings (SSSR count). The van der Waals surface area contributed by atoms with Crippen molar-refractivity contribution in [1.29, 1.82) is 0 Å². The van der Waals surface area contributed by atoms with Gasteiger partial charge in [0.15, 0.2) is 17.3 Å². The molecule has 1 atom stereocenters. The van der Waals surface area contributed by atoms with E-state index in [-0.39, 0.29) is 12.6 Å². The van der Waals surface area contributed by atoms with E-state index < -0.39 is 11.7 Å². The summed E-state index contributed by atoms with van der Waals surface area (Å²) in [4.78, 5) is 24.4. The molecule has 200 valence electrons. The van der Waals surface area contributed by atoms with Gasteiger partial charge in [-0.3, -0.25) is 0 Å². The van der Waals surface area contributed by atoms with Gasteiger partial charge >= 0.3 is 6.18 Å². The number of hydrogen-bond acceptors (Lipinski definition) is 9. The summed E-state index contributed by atoms with van der Waals surface area (Å²) in [6.07, 6.45) is 5.58. The smallest absolute Gasteiger partial charge is 0.419 e. The molecule has 38 heavy (non-hydrogen) atoms. The maximum Gasteiger partial charge on any atom is 0.419 e. The second-order valence-corrected chi connectivity index (χ2v) is 9.67. The molecule has 3 fully saturated rings. The van der Waals surface area contributed by atoms with Crippen molar-refractivity contribution in [3.63, 3.8) is 0 Å². The van der Waals surface area contributed by atoms with Gasteiger partial charge in [-0.2, -0.15) is 28.1 Å². The van der Waals surface area contributed by atoms with E-state index in [4.69, 9.17) is 24.4 Å². The monoisotopic (exact) mass is 527 g/mol. The first-order chi connectivity index (χ1) is 18.4. The first-order valence-corrected chi connectivity index (χ1v) is 12.8. The third-order valence-electron chi connectivity index (χ3n) is 7.23. The van der Waals surface area contributed by atoms with Crippen molar-refractivity contribution in [1.82, 2.24) is 19.9 Å². The summed E-state index contributed by atoms with van der Waals surface area (Å²) in [5.41, 5.74) is 0.0936. The van der Waals surface area contributed by atoms with Crippen LogP contribution in [0.5, 0.6) is 0 Å². The molecule has 0 amide bonds. The van der Waals surface area contributed by atoms with Crippen LogP contribution < -0.4 is 14.7 Å². The SMILES string of the molecule is CC1CCCN1c1nc(C2=CCC=C3OCOC3=C2)nc(N2CCN(c3ncccc3C(F)(F)F)CC2)n1. The molecule has 12 heteroatoms. The summed E-state index contributed by atoms with van der Waals surface area (Å²) in [7, 11) is 0. The first-order valence-electron chi connectivity index (χ1n) is 12.8. The van der Waals surface area contributed by atoms with Crippen LogP contribution in [0.2, 0.25) is 0 Å². The Bertz CT molecular complexity index is 1300. The average Bonchev–Trinajstić information content (AvgIpc) is 3.51.